The van der Waals surface area contributed by atoms with Crippen molar-refractivity contribution in [3.05, 3.63) is 40.7 Å². The van der Waals surface area contributed by atoms with Crippen LogP contribution in [-0.2, 0) is 6.61 Å². The predicted octanol–water partition coefficient (Wildman–Crippen LogP) is 3.77. The molecule has 0 aliphatic carbocycles. The van der Waals surface area contributed by atoms with Crippen LogP contribution >= 0.6 is 24.0 Å². The van der Waals surface area contributed by atoms with Crippen molar-refractivity contribution >= 4 is 24.0 Å². The highest BCUT2D eigenvalue weighted by Crippen LogP contribution is 2.24. The monoisotopic (exact) mass is 404 g/mol. The third-order valence-corrected chi connectivity index (χ3v) is 3.83. The van der Waals surface area contributed by atoms with E-state index in [2.05, 4.69) is 10.5 Å². The molecule has 0 saturated heterocycles. The van der Waals surface area contributed by atoms with Crippen molar-refractivity contribution in [2.75, 3.05) is 13.2 Å². The van der Waals surface area contributed by atoms with E-state index in [9.17, 15) is 5.11 Å². The summed E-state index contributed by atoms with van der Waals surface area (Å²) in [5.74, 6) is 1.71. The molecule has 6 nitrogen and oxygen atoms in total. The third kappa shape index (κ3) is 7.41. The first-order valence-electron chi connectivity index (χ1n) is 8.14. The topological polar surface area (TPSA) is 76.8 Å². The molecule has 146 valence electrons. The number of nitrogens with zero attached hydrogens (tertiary/aromatic N) is 1. The maximum atomic E-state index is 9.98. The van der Waals surface area contributed by atoms with Crippen LogP contribution in [-0.4, -0.2) is 35.1 Å². The van der Waals surface area contributed by atoms with Gasteiger partial charge in [0.05, 0.1) is 5.69 Å². The lowest BCUT2D eigenvalue weighted by atomic mass is 10.1. The second-order valence-electron chi connectivity index (χ2n) is 6.86. The van der Waals surface area contributed by atoms with Gasteiger partial charge in [0.1, 0.15) is 29.2 Å². The van der Waals surface area contributed by atoms with Crippen LogP contribution in [0.15, 0.2) is 28.8 Å². The number of aryl methyl sites for hydroxylation is 1. The molecule has 2 aromatic rings. The maximum absolute atomic E-state index is 9.98. The Balaban J connectivity index is 0.00000338. The van der Waals surface area contributed by atoms with Crippen molar-refractivity contribution < 1.29 is 19.1 Å². The van der Waals surface area contributed by atoms with E-state index < -0.39 is 6.10 Å². The highest BCUT2D eigenvalue weighted by Gasteiger charge is 2.13. The van der Waals surface area contributed by atoms with Crippen LogP contribution in [0.3, 0.4) is 0 Å². The molecule has 1 aromatic heterocycles. The van der Waals surface area contributed by atoms with Crippen molar-refractivity contribution in [3.63, 3.8) is 0 Å². The van der Waals surface area contributed by atoms with Gasteiger partial charge in [0.15, 0.2) is 12.4 Å². The zero-order valence-electron chi connectivity index (χ0n) is 15.4. The summed E-state index contributed by atoms with van der Waals surface area (Å²) in [5.41, 5.74) is 0.588. The van der Waals surface area contributed by atoms with E-state index in [-0.39, 0.29) is 31.2 Å². The Morgan fingerprint density at radius 3 is 2.50 bits per heavy atom. The Morgan fingerprint density at radius 1 is 1.27 bits per heavy atom. The first-order valence-corrected chi connectivity index (χ1v) is 8.52. The first kappa shape index (κ1) is 22.6. The standard InChI is InChI=1S/C18H25ClN2O4.ClH/c1-12-17(19)16(25-21-12)11-24-15-7-5-6-14(8-15)23-10-13(22)9-20-18(2,3)4;/h5-8,13,20,22H,9-11H2,1-4H3;1H. The summed E-state index contributed by atoms with van der Waals surface area (Å²) in [6.07, 6.45) is -0.597. The van der Waals surface area contributed by atoms with Crippen LogP contribution in [0.4, 0.5) is 0 Å². The van der Waals surface area contributed by atoms with E-state index >= 15 is 0 Å². The molecule has 1 unspecified atom stereocenters. The Morgan fingerprint density at radius 2 is 1.92 bits per heavy atom. The van der Waals surface area contributed by atoms with Crippen LogP contribution < -0.4 is 14.8 Å². The molecule has 26 heavy (non-hydrogen) atoms. The molecule has 0 saturated carbocycles. The van der Waals surface area contributed by atoms with Gasteiger partial charge >= 0.3 is 0 Å². The summed E-state index contributed by atoms with van der Waals surface area (Å²) in [6.45, 7) is 8.74. The summed E-state index contributed by atoms with van der Waals surface area (Å²) in [4.78, 5) is 0. The van der Waals surface area contributed by atoms with Gasteiger partial charge < -0.3 is 24.4 Å². The number of aliphatic hydroxyl groups is 1. The molecule has 1 atom stereocenters. The molecular weight excluding hydrogens is 379 g/mol. The van der Waals surface area contributed by atoms with Crippen molar-refractivity contribution in [1.82, 2.24) is 10.5 Å². The van der Waals surface area contributed by atoms with E-state index in [0.717, 1.165) is 0 Å². The van der Waals surface area contributed by atoms with Crippen molar-refractivity contribution in [3.8, 4) is 11.5 Å². The van der Waals surface area contributed by atoms with Crippen LogP contribution in [0, 0.1) is 6.92 Å². The molecule has 1 aromatic carbocycles. The molecule has 0 radical (unpaired) electrons. The summed E-state index contributed by atoms with van der Waals surface area (Å²) in [7, 11) is 0. The van der Waals surface area contributed by atoms with Crippen LogP contribution in [0.5, 0.6) is 11.5 Å². The number of aromatic nitrogens is 1. The van der Waals surface area contributed by atoms with Gasteiger partial charge in [0, 0.05) is 18.2 Å². The van der Waals surface area contributed by atoms with Crippen molar-refractivity contribution in [2.24, 2.45) is 0 Å². The lowest BCUT2D eigenvalue weighted by Gasteiger charge is -2.23. The molecule has 0 bridgehead atoms. The van der Waals surface area contributed by atoms with Gasteiger partial charge in [-0.25, -0.2) is 0 Å². The number of hydrogen-bond donors (Lipinski definition) is 2. The largest absolute Gasteiger partial charge is 0.491 e. The van der Waals surface area contributed by atoms with E-state index in [1.807, 2.05) is 39.0 Å². The van der Waals surface area contributed by atoms with Crippen LogP contribution in [0.25, 0.3) is 0 Å². The fourth-order valence-corrected chi connectivity index (χ4v) is 2.10. The lowest BCUT2D eigenvalue weighted by Crippen LogP contribution is -2.42. The van der Waals surface area contributed by atoms with Gasteiger partial charge in [0.25, 0.3) is 0 Å². The molecule has 1 heterocycles. The number of benzene rings is 1. The van der Waals surface area contributed by atoms with E-state index in [0.29, 0.717) is 34.5 Å². The maximum Gasteiger partial charge on any atom is 0.192 e. The molecule has 0 aliphatic rings. The second-order valence-corrected chi connectivity index (χ2v) is 7.24. The highest BCUT2D eigenvalue weighted by atomic mass is 35.5. The van der Waals surface area contributed by atoms with Gasteiger partial charge in [-0.15, -0.1) is 12.4 Å². The van der Waals surface area contributed by atoms with Crippen LogP contribution in [0.1, 0.15) is 32.2 Å². The molecule has 0 amide bonds. The molecule has 0 fully saturated rings. The Kier molecular flexibility index (Phi) is 8.70. The Bertz CT molecular complexity index is 686. The summed E-state index contributed by atoms with van der Waals surface area (Å²) in [5, 5.41) is 17.5. The zero-order valence-corrected chi connectivity index (χ0v) is 17.0. The minimum Gasteiger partial charge on any atom is -0.491 e. The fourth-order valence-electron chi connectivity index (χ4n) is 1.97. The normalized spacial score (nSPS) is 12.4. The predicted molar refractivity (Wildman–Crippen MR) is 104 cm³/mol. The van der Waals surface area contributed by atoms with E-state index in [1.165, 1.54) is 0 Å². The average molecular weight is 405 g/mol. The number of halogens is 2. The first-order chi connectivity index (χ1) is 11.7. The molecular formula is C18H26Cl2N2O4. The van der Waals surface area contributed by atoms with Crippen LogP contribution in [0.2, 0.25) is 5.02 Å². The third-order valence-electron chi connectivity index (χ3n) is 3.34. The van der Waals surface area contributed by atoms with E-state index in [4.69, 9.17) is 25.6 Å². The molecule has 0 aliphatic heterocycles. The Hall–Kier alpha value is -1.47. The molecule has 2 rings (SSSR count). The number of hydrogen-bond acceptors (Lipinski definition) is 6. The van der Waals surface area contributed by atoms with Gasteiger partial charge in [-0.1, -0.05) is 22.8 Å². The zero-order chi connectivity index (χ0) is 18.4. The van der Waals surface area contributed by atoms with E-state index in [1.54, 1.807) is 13.0 Å². The molecule has 0 spiro atoms. The Labute approximate surface area is 165 Å². The molecule has 8 heteroatoms. The minimum atomic E-state index is -0.597. The highest BCUT2D eigenvalue weighted by molar-refractivity contribution is 6.31. The van der Waals surface area contributed by atoms with Gasteiger partial charge in [-0.05, 0) is 39.8 Å². The minimum absolute atomic E-state index is 0. The number of ether oxygens (including phenoxy) is 2. The van der Waals surface area contributed by atoms with Crippen molar-refractivity contribution in [2.45, 2.75) is 45.9 Å². The average Bonchev–Trinajstić information content (AvgIpc) is 2.88. The van der Waals surface area contributed by atoms with Crippen molar-refractivity contribution in [1.29, 1.82) is 0 Å². The van der Waals surface area contributed by atoms with Gasteiger partial charge in [-0.3, -0.25) is 0 Å². The molecule has 2 N–H and O–H groups in total. The summed E-state index contributed by atoms with van der Waals surface area (Å²) < 4.78 is 16.4. The number of β-amino-alcohol motifs (C(OH)–C–C–N with tert-alkyl or cyclic N) is 1. The summed E-state index contributed by atoms with van der Waals surface area (Å²) in [6, 6.07) is 7.18. The SMILES string of the molecule is Cc1noc(COc2cccc(OCC(O)CNC(C)(C)C)c2)c1Cl.Cl. The quantitative estimate of drug-likeness (QED) is 0.697. The second kappa shape index (κ2) is 10.0. The smallest absolute Gasteiger partial charge is 0.192 e. The van der Waals surface area contributed by atoms with Gasteiger partial charge in [-0.2, -0.15) is 0 Å². The summed E-state index contributed by atoms with van der Waals surface area (Å²) >= 11 is 6.06. The lowest BCUT2D eigenvalue weighted by molar-refractivity contribution is 0.0998. The fraction of sp³-hybridized carbons (Fsp3) is 0.500. The van der Waals surface area contributed by atoms with Gasteiger partial charge in [0.2, 0.25) is 0 Å². The number of aliphatic hydroxyl groups excluding tert-OH is 1. The number of nitrogens with one attached hydrogen (secondary N) is 1. The number of rotatable bonds is 8.